The van der Waals surface area contributed by atoms with Crippen LogP contribution in [0.1, 0.15) is 25.3 Å². The van der Waals surface area contributed by atoms with Crippen molar-refractivity contribution in [3.8, 4) is 0 Å². The Morgan fingerprint density at radius 3 is 2.57 bits per heavy atom. The minimum Gasteiger partial charge on any atom is -0.369 e. The van der Waals surface area contributed by atoms with Crippen molar-refractivity contribution >= 4 is 11.6 Å². The second kappa shape index (κ2) is 9.43. The van der Waals surface area contributed by atoms with Gasteiger partial charge in [0.25, 0.3) is 5.56 Å². The van der Waals surface area contributed by atoms with Crippen LogP contribution in [0.3, 0.4) is 0 Å². The zero-order valence-corrected chi connectivity index (χ0v) is 17.7. The number of rotatable bonds is 5. The number of anilines is 1. The molecular weight excluding hydrogens is 378 g/mol. The van der Waals surface area contributed by atoms with E-state index in [1.165, 1.54) is 4.68 Å². The molecule has 1 aromatic carbocycles. The van der Waals surface area contributed by atoms with Crippen molar-refractivity contribution in [2.75, 3.05) is 50.7 Å². The molecule has 2 fully saturated rings. The highest BCUT2D eigenvalue weighted by Crippen LogP contribution is 2.23. The highest BCUT2D eigenvalue weighted by Gasteiger charge is 2.31. The van der Waals surface area contributed by atoms with Crippen LogP contribution in [0.15, 0.2) is 47.4 Å². The molecule has 0 spiro atoms. The van der Waals surface area contributed by atoms with E-state index in [4.69, 9.17) is 0 Å². The van der Waals surface area contributed by atoms with Gasteiger partial charge >= 0.3 is 0 Å². The van der Waals surface area contributed by atoms with E-state index in [-0.39, 0.29) is 17.4 Å². The monoisotopic (exact) mass is 409 g/mol. The summed E-state index contributed by atoms with van der Waals surface area (Å²) in [5.74, 6) is 0.263. The number of hydrogen-bond acceptors (Lipinski definition) is 5. The number of carbonyl (C=O) groups excluding carboxylic acids is 1. The van der Waals surface area contributed by atoms with Crippen LogP contribution in [0.4, 0.5) is 5.69 Å². The summed E-state index contributed by atoms with van der Waals surface area (Å²) in [7, 11) is 0. The van der Waals surface area contributed by atoms with E-state index in [1.807, 2.05) is 35.2 Å². The SMILES string of the molecule is CCN1CCN(C(=O)C2CCCN(c3cnn(Cc4ccccc4)c(=O)c3)C2)CC1. The number of nitrogens with zero attached hydrogens (tertiary/aromatic N) is 5. The summed E-state index contributed by atoms with van der Waals surface area (Å²) >= 11 is 0. The Balaban J connectivity index is 1.40. The summed E-state index contributed by atoms with van der Waals surface area (Å²) in [5.41, 5.74) is 1.75. The van der Waals surface area contributed by atoms with Gasteiger partial charge in [0.1, 0.15) is 0 Å². The summed E-state index contributed by atoms with van der Waals surface area (Å²) in [6, 6.07) is 11.5. The van der Waals surface area contributed by atoms with Crippen molar-refractivity contribution in [2.24, 2.45) is 5.92 Å². The topological polar surface area (TPSA) is 61.7 Å². The molecular formula is C23H31N5O2. The van der Waals surface area contributed by atoms with Crippen LogP contribution in [-0.4, -0.2) is 71.3 Å². The number of piperazine rings is 1. The van der Waals surface area contributed by atoms with Crippen molar-refractivity contribution in [1.29, 1.82) is 0 Å². The lowest BCUT2D eigenvalue weighted by molar-refractivity contribution is -0.137. The Labute approximate surface area is 177 Å². The third-order valence-corrected chi connectivity index (χ3v) is 6.30. The van der Waals surface area contributed by atoms with Crippen LogP contribution in [-0.2, 0) is 11.3 Å². The number of piperidine rings is 1. The first-order valence-electron chi connectivity index (χ1n) is 11.0. The smallest absolute Gasteiger partial charge is 0.269 e. The molecule has 2 aromatic rings. The normalized spacial score (nSPS) is 20.4. The van der Waals surface area contributed by atoms with Gasteiger partial charge in [0, 0.05) is 45.3 Å². The van der Waals surface area contributed by atoms with Gasteiger partial charge in [-0.25, -0.2) is 4.68 Å². The first-order valence-corrected chi connectivity index (χ1v) is 11.0. The van der Waals surface area contributed by atoms with Gasteiger partial charge in [-0.05, 0) is 24.9 Å². The largest absolute Gasteiger partial charge is 0.369 e. The average Bonchev–Trinajstić information content (AvgIpc) is 2.81. The number of benzene rings is 1. The fourth-order valence-corrected chi connectivity index (χ4v) is 4.43. The molecule has 1 atom stereocenters. The lowest BCUT2D eigenvalue weighted by Crippen LogP contribution is -2.52. The zero-order valence-electron chi connectivity index (χ0n) is 17.7. The molecule has 2 saturated heterocycles. The predicted octanol–water partition coefficient (Wildman–Crippen LogP) is 1.67. The Hall–Kier alpha value is -2.67. The van der Waals surface area contributed by atoms with E-state index in [0.29, 0.717) is 13.1 Å². The molecule has 1 amide bonds. The van der Waals surface area contributed by atoms with E-state index in [9.17, 15) is 9.59 Å². The summed E-state index contributed by atoms with van der Waals surface area (Å²) < 4.78 is 1.48. The van der Waals surface area contributed by atoms with Crippen LogP contribution in [0.5, 0.6) is 0 Å². The maximum absolute atomic E-state index is 13.0. The van der Waals surface area contributed by atoms with Gasteiger partial charge in [-0.15, -0.1) is 0 Å². The molecule has 1 aromatic heterocycles. The molecule has 30 heavy (non-hydrogen) atoms. The fraction of sp³-hybridized carbons (Fsp3) is 0.522. The number of hydrogen-bond donors (Lipinski definition) is 0. The molecule has 0 aliphatic carbocycles. The van der Waals surface area contributed by atoms with Crippen LogP contribution >= 0.6 is 0 Å². The van der Waals surface area contributed by atoms with Crippen molar-refractivity contribution < 1.29 is 4.79 Å². The van der Waals surface area contributed by atoms with Crippen LogP contribution < -0.4 is 10.5 Å². The summed E-state index contributed by atoms with van der Waals surface area (Å²) in [4.78, 5) is 32.2. The maximum Gasteiger partial charge on any atom is 0.269 e. The maximum atomic E-state index is 13.0. The molecule has 1 unspecified atom stereocenters. The summed E-state index contributed by atoms with van der Waals surface area (Å²) in [6.07, 6.45) is 3.64. The van der Waals surface area contributed by atoms with Crippen LogP contribution in [0, 0.1) is 5.92 Å². The van der Waals surface area contributed by atoms with E-state index < -0.39 is 0 Å². The molecule has 4 rings (SSSR count). The number of aromatic nitrogens is 2. The summed E-state index contributed by atoms with van der Waals surface area (Å²) in [6.45, 7) is 8.75. The van der Waals surface area contributed by atoms with Gasteiger partial charge in [-0.2, -0.15) is 5.10 Å². The highest BCUT2D eigenvalue weighted by molar-refractivity contribution is 5.80. The minimum atomic E-state index is -0.111. The lowest BCUT2D eigenvalue weighted by Gasteiger charge is -2.39. The van der Waals surface area contributed by atoms with Gasteiger partial charge in [0.05, 0.1) is 24.3 Å². The first-order chi connectivity index (χ1) is 14.6. The van der Waals surface area contributed by atoms with Crippen molar-refractivity contribution in [2.45, 2.75) is 26.3 Å². The molecule has 160 valence electrons. The van der Waals surface area contributed by atoms with E-state index in [1.54, 1.807) is 12.3 Å². The van der Waals surface area contributed by atoms with E-state index in [0.717, 1.165) is 63.4 Å². The molecule has 7 heteroatoms. The van der Waals surface area contributed by atoms with Crippen molar-refractivity contribution in [1.82, 2.24) is 19.6 Å². The fourth-order valence-electron chi connectivity index (χ4n) is 4.43. The minimum absolute atomic E-state index is 0.00123. The third-order valence-electron chi connectivity index (χ3n) is 6.30. The number of carbonyl (C=O) groups is 1. The van der Waals surface area contributed by atoms with Crippen LogP contribution in [0.25, 0.3) is 0 Å². The van der Waals surface area contributed by atoms with Gasteiger partial charge in [0.2, 0.25) is 5.91 Å². The number of amides is 1. The standard InChI is InChI=1S/C23H31N5O2/c1-2-25-11-13-26(14-12-25)23(30)20-9-6-10-27(18-20)21-15-22(29)28(24-16-21)17-19-7-4-3-5-8-19/h3-5,7-8,15-16,20H,2,6,9-14,17-18H2,1H3. The van der Waals surface area contributed by atoms with Crippen LogP contribution in [0.2, 0.25) is 0 Å². The lowest BCUT2D eigenvalue weighted by atomic mass is 9.96. The Morgan fingerprint density at radius 2 is 1.87 bits per heavy atom. The van der Waals surface area contributed by atoms with E-state index >= 15 is 0 Å². The van der Waals surface area contributed by atoms with Crippen molar-refractivity contribution in [3.05, 3.63) is 58.5 Å². The highest BCUT2D eigenvalue weighted by atomic mass is 16.2. The summed E-state index contributed by atoms with van der Waals surface area (Å²) in [5, 5.41) is 4.39. The average molecular weight is 410 g/mol. The second-order valence-corrected chi connectivity index (χ2v) is 8.24. The van der Waals surface area contributed by atoms with E-state index in [2.05, 4.69) is 21.8 Å². The predicted molar refractivity (Wildman–Crippen MR) is 118 cm³/mol. The first kappa shape index (κ1) is 20.6. The molecule has 2 aliphatic rings. The third kappa shape index (κ3) is 4.73. The molecule has 0 N–H and O–H groups in total. The number of likely N-dealkylation sites (N-methyl/N-ethyl adjacent to an activating group) is 1. The second-order valence-electron chi connectivity index (χ2n) is 8.24. The molecule has 0 saturated carbocycles. The van der Waals surface area contributed by atoms with Gasteiger partial charge in [-0.3, -0.25) is 9.59 Å². The Kier molecular flexibility index (Phi) is 6.47. The molecule has 0 radical (unpaired) electrons. The molecule has 7 nitrogen and oxygen atoms in total. The quantitative estimate of drug-likeness (QED) is 0.752. The Morgan fingerprint density at radius 1 is 1.10 bits per heavy atom. The zero-order chi connectivity index (χ0) is 20.9. The molecule has 0 bridgehead atoms. The molecule has 2 aliphatic heterocycles. The Bertz CT molecular complexity index is 905. The van der Waals surface area contributed by atoms with Gasteiger partial charge < -0.3 is 14.7 Å². The molecule has 3 heterocycles. The van der Waals surface area contributed by atoms with Gasteiger partial charge in [0.15, 0.2) is 0 Å². The van der Waals surface area contributed by atoms with Gasteiger partial charge in [-0.1, -0.05) is 37.3 Å². The van der Waals surface area contributed by atoms with Crippen molar-refractivity contribution in [3.63, 3.8) is 0 Å².